The highest BCUT2D eigenvalue weighted by molar-refractivity contribution is 14.1. The van der Waals surface area contributed by atoms with Crippen LogP contribution in [-0.4, -0.2) is 11.0 Å². The van der Waals surface area contributed by atoms with Crippen LogP contribution >= 0.6 is 33.9 Å². The van der Waals surface area contributed by atoms with E-state index in [9.17, 15) is 9.90 Å². The van der Waals surface area contributed by atoms with Gasteiger partial charge in [-0.05, 0) is 54.1 Å². The molecule has 0 spiro atoms. The number of thiophene rings is 1. The number of rotatable bonds is 2. The monoisotopic (exact) mass is 373 g/mol. The Hall–Kier alpha value is -1.08. The lowest BCUT2D eigenvalue weighted by Crippen LogP contribution is -2.11. The second kappa shape index (κ2) is 5.27. The molecule has 1 amide bonds. The van der Waals surface area contributed by atoms with Crippen LogP contribution in [0.1, 0.15) is 21.5 Å². The minimum Gasteiger partial charge on any atom is -0.507 e. The van der Waals surface area contributed by atoms with E-state index < -0.39 is 0 Å². The highest BCUT2D eigenvalue weighted by Gasteiger charge is 2.12. The topological polar surface area (TPSA) is 49.3 Å². The molecule has 0 unspecified atom stereocenters. The summed E-state index contributed by atoms with van der Waals surface area (Å²) in [6.07, 6.45) is 0. The van der Waals surface area contributed by atoms with E-state index in [1.54, 1.807) is 19.1 Å². The maximum atomic E-state index is 12.0. The second-order valence-electron chi connectivity index (χ2n) is 4.00. The van der Waals surface area contributed by atoms with Gasteiger partial charge in [-0.2, -0.15) is 0 Å². The molecule has 94 valence electrons. The van der Waals surface area contributed by atoms with Crippen molar-refractivity contribution < 1.29 is 9.90 Å². The smallest absolute Gasteiger partial charge is 0.256 e. The molecular weight excluding hydrogens is 361 g/mol. The van der Waals surface area contributed by atoms with Crippen LogP contribution < -0.4 is 5.32 Å². The van der Waals surface area contributed by atoms with Crippen molar-refractivity contribution in [2.45, 2.75) is 13.8 Å². The van der Waals surface area contributed by atoms with Gasteiger partial charge in [0.25, 0.3) is 5.91 Å². The Morgan fingerprint density at radius 2 is 2.11 bits per heavy atom. The minimum absolute atomic E-state index is 0.152. The van der Waals surface area contributed by atoms with Crippen molar-refractivity contribution in [2.24, 2.45) is 0 Å². The zero-order chi connectivity index (χ0) is 13.3. The fraction of sp³-hybridized carbons (Fsp3) is 0.154. The van der Waals surface area contributed by atoms with Gasteiger partial charge in [0.15, 0.2) is 0 Å². The van der Waals surface area contributed by atoms with Crippen molar-refractivity contribution in [2.75, 3.05) is 5.32 Å². The molecule has 0 aliphatic heterocycles. The number of nitrogens with one attached hydrogen (secondary N) is 1. The molecule has 5 heteroatoms. The molecule has 2 aromatic rings. The molecule has 2 rings (SSSR count). The summed E-state index contributed by atoms with van der Waals surface area (Å²) in [7, 11) is 0. The average molecular weight is 373 g/mol. The summed E-state index contributed by atoms with van der Waals surface area (Å²) in [5, 5.41) is 14.5. The summed E-state index contributed by atoms with van der Waals surface area (Å²) < 4.78 is 1.07. The van der Waals surface area contributed by atoms with Crippen molar-refractivity contribution in [1.82, 2.24) is 0 Å². The fourth-order valence-corrected chi connectivity index (χ4v) is 2.92. The molecule has 0 aliphatic carbocycles. The van der Waals surface area contributed by atoms with Gasteiger partial charge in [0.05, 0.1) is 8.45 Å². The lowest BCUT2D eigenvalue weighted by atomic mass is 10.1. The average Bonchev–Trinajstić information content (AvgIpc) is 2.77. The Labute approximate surface area is 123 Å². The quantitative estimate of drug-likeness (QED) is 0.784. The van der Waals surface area contributed by atoms with Crippen molar-refractivity contribution in [3.8, 4) is 5.75 Å². The number of carbonyl (C=O) groups is 1. The maximum Gasteiger partial charge on any atom is 0.256 e. The van der Waals surface area contributed by atoms with Crippen LogP contribution in [0.5, 0.6) is 5.75 Å². The molecule has 3 nitrogen and oxygen atoms in total. The number of anilines is 1. The van der Waals surface area contributed by atoms with E-state index in [0.29, 0.717) is 16.8 Å². The molecule has 0 bridgehead atoms. The van der Waals surface area contributed by atoms with Gasteiger partial charge in [0.2, 0.25) is 0 Å². The molecule has 0 aliphatic rings. The van der Waals surface area contributed by atoms with Gasteiger partial charge in [0, 0.05) is 16.6 Å². The fourth-order valence-electron chi connectivity index (χ4n) is 1.59. The Kier molecular flexibility index (Phi) is 3.91. The maximum absolute atomic E-state index is 12.0. The first-order chi connectivity index (χ1) is 8.49. The van der Waals surface area contributed by atoms with Gasteiger partial charge >= 0.3 is 0 Å². The molecule has 0 atom stereocenters. The van der Waals surface area contributed by atoms with Crippen molar-refractivity contribution in [1.29, 1.82) is 0 Å². The van der Waals surface area contributed by atoms with E-state index in [0.717, 1.165) is 8.45 Å². The third-order valence-electron chi connectivity index (χ3n) is 2.71. The number of hydrogen-bond donors (Lipinski definition) is 2. The SMILES string of the molecule is Cc1ccc(NC(=O)c2csc(I)c2)c(C)c1O. The third-order valence-corrected chi connectivity index (χ3v) is 4.50. The zero-order valence-corrected chi connectivity index (χ0v) is 12.9. The van der Waals surface area contributed by atoms with Crippen LogP contribution in [-0.2, 0) is 0 Å². The van der Waals surface area contributed by atoms with Gasteiger partial charge in [-0.15, -0.1) is 11.3 Å². The number of carbonyl (C=O) groups excluding carboxylic acids is 1. The van der Waals surface area contributed by atoms with E-state index in [-0.39, 0.29) is 11.7 Å². The molecular formula is C13H12INO2S. The lowest BCUT2D eigenvalue weighted by Gasteiger charge is -2.10. The second-order valence-corrected chi connectivity index (χ2v) is 6.80. The third kappa shape index (κ3) is 2.67. The van der Waals surface area contributed by atoms with E-state index in [1.165, 1.54) is 11.3 Å². The number of phenols is 1. The number of phenolic OH excluding ortho intramolecular Hbond substituents is 1. The van der Waals surface area contributed by atoms with Gasteiger partial charge in [0.1, 0.15) is 5.75 Å². The van der Waals surface area contributed by atoms with E-state index in [1.807, 2.05) is 18.4 Å². The molecule has 18 heavy (non-hydrogen) atoms. The van der Waals surface area contributed by atoms with Crippen molar-refractivity contribution >= 4 is 45.5 Å². The summed E-state index contributed by atoms with van der Waals surface area (Å²) in [6.45, 7) is 3.62. The van der Waals surface area contributed by atoms with Crippen molar-refractivity contribution in [3.63, 3.8) is 0 Å². The van der Waals surface area contributed by atoms with Crippen LogP contribution in [0.25, 0.3) is 0 Å². The van der Waals surface area contributed by atoms with Crippen LogP contribution in [0.4, 0.5) is 5.69 Å². The molecule has 0 fully saturated rings. The van der Waals surface area contributed by atoms with Crippen LogP contribution in [0, 0.1) is 16.7 Å². The number of amides is 1. The van der Waals surface area contributed by atoms with Gasteiger partial charge in [-0.1, -0.05) is 6.07 Å². The van der Waals surface area contributed by atoms with Gasteiger partial charge < -0.3 is 10.4 Å². The summed E-state index contributed by atoms with van der Waals surface area (Å²) in [5.74, 6) is 0.0771. The number of aromatic hydroxyl groups is 1. The van der Waals surface area contributed by atoms with Crippen LogP contribution in [0.15, 0.2) is 23.6 Å². The molecule has 1 aromatic carbocycles. The standard InChI is InChI=1S/C13H12INO2S/c1-7-3-4-10(8(2)12(7)16)15-13(17)9-5-11(14)18-6-9/h3-6,16H,1-2H3,(H,15,17). The molecule has 0 saturated carbocycles. The number of benzene rings is 1. The summed E-state index contributed by atoms with van der Waals surface area (Å²) in [6, 6.07) is 5.43. The molecule has 1 aromatic heterocycles. The first-order valence-electron chi connectivity index (χ1n) is 5.33. The normalized spacial score (nSPS) is 10.4. The number of aryl methyl sites for hydroxylation is 1. The Morgan fingerprint density at radius 3 is 2.72 bits per heavy atom. The van der Waals surface area contributed by atoms with Crippen LogP contribution in [0.2, 0.25) is 0 Å². The molecule has 2 N–H and O–H groups in total. The minimum atomic E-state index is -0.152. The van der Waals surface area contributed by atoms with Gasteiger partial charge in [-0.3, -0.25) is 4.79 Å². The van der Waals surface area contributed by atoms with Crippen LogP contribution in [0.3, 0.4) is 0 Å². The number of halogens is 1. The Balaban J connectivity index is 2.25. The first-order valence-corrected chi connectivity index (χ1v) is 7.29. The molecule has 0 saturated heterocycles. The number of hydrogen-bond acceptors (Lipinski definition) is 3. The van der Waals surface area contributed by atoms with E-state index in [4.69, 9.17) is 0 Å². The largest absolute Gasteiger partial charge is 0.507 e. The lowest BCUT2D eigenvalue weighted by molar-refractivity contribution is 0.102. The van der Waals surface area contributed by atoms with Gasteiger partial charge in [-0.25, -0.2) is 0 Å². The summed E-state index contributed by atoms with van der Waals surface area (Å²) >= 11 is 3.71. The summed E-state index contributed by atoms with van der Waals surface area (Å²) in [5.41, 5.74) is 2.78. The summed E-state index contributed by atoms with van der Waals surface area (Å²) in [4.78, 5) is 12.0. The molecule has 0 radical (unpaired) electrons. The first kappa shape index (κ1) is 13.4. The predicted octanol–water partition coefficient (Wildman–Crippen LogP) is 3.93. The van der Waals surface area contributed by atoms with E-state index in [2.05, 4.69) is 27.9 Å². The zero-order valence-electron chi connectivity index (χ0n) is 9.95. The Morgan fingerprint density at radius 1 is 1.39 bits per heavy atom. The van der Waals surface area contributed by atoms with E-state index >= 15 is 0 Å². The Bertz CT molecular complexity index is 607. The highest BCUT2D eigenvalue weighted by atomic mass is 127. The predicted molar refractivity (Wildman–Crippen MR) is 82.6 cm³/mol. The van der Waals surface area contributed by atoms with Crippen molar-refractivity contribution in [3.05, 3.63) is 43.2 Å². The molecule has 1 heterocycles. The highest BCUT2D eigenvalue weighted by Crippen LogP contribution is 2.28.